The molecule has 1 atom stereocenters. The van der Waals surface area contributed by atoms with Gasteiger partial charge in [-0.1, -0.05) is 0 Å². The number of aliphatic hydroxyl groups excluding tert-OH is 1. The van der Waals surface area contributed by atoms with Gasteiger partial charge in [0.25, 0.3) is 0 Å². The van der Waals surface area contributed by atoms with Crippen molar-refractivity contribution < 1.29 is 9.90 Å². The minimum atomic E-state index is -0.454. The summed E-state index contributed by atoms with van der Waals surface area (Å²) in [5.41, 5.74) is 0. The van der Waals surface area contributed by atoms with Crippen molar-refractivity contribution in [3.05, 3.63) is 11.6 Å². The zero-order valence-corrected chi connectivity index (χ0v) is 13.2. The van der Waals surface area contributed by atoms with Crippen LogP contribution in [0.25, 0.3) is 0 Å². The predicted octanol–water partition coefficient (Wildman–Crippen LogP) is 0.276. The van der Waals surface area contributed by atoms with E-state index in [0.29, 0.717) is 25.4 Å². The summed E-state index contributed by atoms with van der Waals surface area (Å²) in [4.78, 5) is 20.1. The van der Waals surface area contributed by atoms with Crippen molar-refractivity contribution in [3.8, 4) is 0 Å². The van der Waals surface area contributed by atoms with Crippen LogP contribution in [0, 0.1) is 6.92 Å². The van der Waals surface area contributed by atoms with Crippen LogP contribution in [-0.4, -0.2) is 74.8 Å². The molecule has 0 bridgehead atoms. The maximum atomic E-state index is 11.6. The lowest BCUT2D eigenvalue weighted by Crippen LogP contribution is -2.43. The van der Waals surface area contributed by atoms with Crippen LogP contribution >= 0.6 is 0 Å². The largest absolute Gasteiger partial charge is 0.390 e. The molecule has 0 aromatic carbocycles. The lowest BCUT2D eigenvalue weighted by Gasteiger charge is -2.32. The molecule has 2 aliphatic heterocycles. The lowest BCUT2D eigenvalue weighted by molar-refractivity contribution is -0.129. The molecule has 7 heteroatoms. The maximum absolute atomic E-state index is 11.6. The van der Waals surface area contributed by atoms with Crippen LogP contribution in [0.15, 0.2) is 0 Å². The molecule has 3 rings (SSSR count). The third kappa shape index (κ3) is 3.64. The van der Waals surface area contributed by atoms with Crippen LogP contribution in [-0.2, 0) is 4.79 Å². The van der Waals surface area contributed by atoms with Gasteiger partial charge in [0.15, 0.2) is 5.82 Å². The number of likely N-dealkylation sites (tertiary alicyclic amines) is 2. The first-order chi connectivity index (χ1) is 10.6. The van der Waals surface area contributed by atoms with Gasteiger partial charge in [-0.15, -0.1) is 0 Å². The van der Waals surface area contributed by atoms with E-state index in [4.69, 9.17) is 0 Å². The Kier molecular flexibility index (Phi) is 4.73. The summed E-state index contributed by atoms with van der Waals surface area (Å²) in [6.45, 7) is 5.72. The first kappa shape index (κ1) is 15.4. The monoisotopic (exact) mass is 307 g/mol. The van der Waals surface area contributed by atoms with Crippen LogP contribution in [0.2, 0.25) is 0 Å². The first-order valence-electron chi connectivity index (χ1n) is 8.19. The Morgan fingerprint density at radius 3 is 2.68 bits per heavy atom. The highest BCUT2D eigenvalue weighted by molar-refractivity contribution is 5.78. The van der Waals surface area contributed by atoms with Crippen LogP contribution in [0.3, 0.4) is 0 Å². The Labute approximate surface area is 130 Å². The SMILES string of the molecule is Cc1nc(C2CCN(CC(O)CN3CCCC3=O)CC2)n[nH]1. The minimum Gasteiger partial charge on any atom is -0.390 e. The molecule has 3 heterocycles. The number of aromatic nitrogens is 3. The summed E-state index contributed by atoms with van der Waals surface area (Å²) in [6, 6.07) is 0. The number of hydrogen-bond acceptors (Lipinski definition) is 5. The molecule has 2 saturated heterocycles. The molecule has 1 amide bonds. The van der Waals surface area contributed by atoms with Gasteiger partial charge in [0.1, 0.15) is 5.82 Å². The van der Waals surface area contributed by atoms with Gasteiger partial charge in [-0.25, -0.2) is 4.98 Å². The molecule has 122 valence electrons. The standard InChI is InChI=1S/C15H25N5O2/c1-11-16-15(18-17-11)12-4-7-19(8-5-12)9-13(21)10-20-6-2-3-14(20)22/h12-13,21H,2-10H2,1H3,(H,16,17,18). The summed E-state index contributed by atoms with van der Waals surface area (Å²) in [6.07, 6.45) is 3.14. The molecule has 0 radical (unpaired) electrons. The highest BCUT2D eigenvalue weighted by Gasteiger charge is 2.27. The Hall–Kier alpha value is -1.47. The number of hydrogen-bond donors (Lipinski definition) is 2. The molecule has 2 fully saturated rings. The second kappa shape index (κ2) is 6.75. The number of nitrogens with one attached hydrogen (secondary N) is 1. The number of piperidine rings is 1. The number of nitrogens with zero attached hydrogens (tertiary/aromatic N) is 4. The summed E-state index contributed by atoms with van der Waals surface area (Å²) in [5.74, 6) is 2.37. The quantitative estimate of drug-likeness (QED) is 0.816. The van der Waals surface area contributed by atoms with Crippen molar-refractivity contribution in [2.75, 3.05) is 32.7 Å². The lowest BCUT2D eigenvalue weighted by atomic mass is 9.96. The number of carbonyl (C=O) groups excluding carboxylic acids is 1. The molecule has 0 aliphatic carbocycles. The number of aliphatic hydroxyl groups is 1. The van der Waals surface area contributed by atoms with Crippen LogP contribution in [0.4, 0.5) is 0 Å². The fourth-order valence-electron chi connectivity index (χ4n) is 3.42. The summed E-state index contributed by atoms with van der Waals surface area (Å²) in [5, 5.41) is 17.4. The van der Waals surface area contributed by atoms with Crippen molar-refractivity contribution in [1.29, 1.82) is 0 Å². The van der Waals surface area contributed by atoms with E-state index in [-0.39, 0.29) is 5.91 Å². The van der Waals surface area contributed by atoms with Crippen LogP contribution in [0.5, 0.6) is 0 Å². The second-order valence-electron chi connectivity index (χ2n) is 6.45. The van der Waals surface area contributed by atoms with Gasteiger partial charge in [0.2, 0.25) is 5.91 Å². The number of rotatable bonds is 5. The molecule has 22 heavy (non-hydrogen) atoms. The first-order valence-corrected chi connectivity index (χ1v) is 8.19. The molecule has 2 aliphatic rings. The van der Waals surface area contributed by atoms with Crippen molar-refractivity contribution >= 4 is 5.91 Å². The molecule has 1 aromatic heterocycles. The van der Waals surface area contributed by atoms with Gasteiger partial charge >= 0.3 is 0 Å². The third-order valence-corrected chi connectivity index (χ3v) is 4.64. The molecule has 0 spiro atoms. The Balaban J connectivity index is 1.42. The maximum Gasteiger partial charge on any atom is 0.222 e. The second-order valence-corrected chi connectivity index (χ2v) is 6.45. The molecular formula is C15H25N5O2. The van der Waals surface area contributed by atoms with Gasteiger partial charge < -0.3 is 14.9 Å². The fourth-order valence-corrected chi connectivity index (χ4v) is 3.42. The Morgan fingerprint density at radius 1 is 1.32 bits per heavy atom. The van der Waals surface area contributed by atoms with Crippen molar-refractivity contribution in [2.24, 2.45) is 0 Å². The van der Waals surface area contributed by atoms with E-state index in [9.17, 15) is 9.90 Å². The van der Waals surface area contributed by atoms with E-state index in [2.05, 4.69) is 20.1 Å². The van der Waals surface area contributed by atoms with Gasteiger partial charge in [-0.3, -0.25) is 9.89 Å². The summed E-state index contributed by atoms with van der Waals surface area (Å²) < 4.78 is 0. The van der Waals surface area contributed by atoms with E-state index < -0.39 is 6.10 Å². The van der Waals surface area contributed by atoms with E-state index in [1.165, 1.54) is 0 Å². The number of aromatic amines is 1. The van der Waals surface area contributed by atoms with E-state index in [0.717, 1.165) is 50.5 Å². The average molecular weight is 307 g/mol. The third-order valence-electron chi connectivity index (χ3n) is 4.64. The Morgan fingerprint density at radius 2 is 2.09 bits per heavy atom. The van der Waals surface area contributed by atoms with Gasteiger partial charge in [0.05, 0.1) is 6.10 Å². The van der Waals surface area contributed by atoms with Gasteiger partial charge in [-0.05, 0) is 39.3 Å². The average Bonchev–Trinajstić information content (AvgIpc) is 3.09. The van der Waals surface area contributed by atoms with E-state index >= 15 is 0 Å². The van der Waals surface area contributed by atoms with Gasteiger partial charge in [-0.2, -0.15) is 5.10 Å². The fraction of sp³-hybridized carbons (Fsp3) is 0.800. The van der Waals surface area contributed by atoms with Crippen LogP contribution < -0.4 is 0 Å². The zero-order valence-electron chi connectivity index (χ0n) is 13.2. The smallest absolute Gasteiger partial charge is 0.222 e. The Bertz CT molecular complexity index is 510. The predicted molar refractivity (Wildman–Crippen MR) is 81.4 cm³/mol. The van der Waals surface area contributed by atoms with E-state index in [1.807, 2.05) is 6.92 Å². The molecule has 7 nitrogen and oxygen atoms in total. The van der Waals surface area contributed by atoms with Crippen molar-refractivity contribution in [1.82, 2.24) is 25.0 Å². The van der Waals surface area contributed by atoms with Gasteiger partial charge in [0, 0.05) is 32.0 Å². The topological polar surface area (TPSA) is 85.3 Å². The van der Waals surface area contributed by atoms with Crippen LogP contribution in [0.1, 0.15) is 43.3 Å². The summed E-state index contributed by atoms with van der Waals surface area (Å²) >= 11 is 0. The highest BCUT2D eigenvalue weighted by Crippen LogP contribution is 2.25. The van der Waals surface area contributed by atoms with Crippen molar-refractivity contribution in [3.63, 3.8) is 0 Å². The van der Waals surface area contributed by atoms with E-state index in [1.54, 1.807) is 4.90 Å². The number of amides is 1. The zero-order chi connectivity index (χ0) is 15.5. The molecule has 0 saturated carbocycles. The molecular weight excluding hydrogens is 282 g/mol. The number of H-pyrrole nitrogens is 1. The summed E-state index contributed by atoms with van der Waals surface area (Å²) in [7, 11) is 0. The molecule has 1 unspecified atom stereocenters. The normalized spacial score (nSPS) is 22.5. The number of β-amino-alcohol motifs (C(OH)–C–C–N with tert-alkyl or cyclic N) is 1. The molecule has 1 aromatic rings. The highest BCUT2D eigenvalue weighted by atomic mass is 16.3. The van der Waals surface area contributed by atoms with Crippen molar-refractivity contribution in [2.45, 2.75) is 44.6 Å². The number of carbonyl (C=O) groups is 1. The minimum absolute atomic E-state index is 0.178. The number of aryl methyl sites for hydroxylation is 1. The molecule has 2 N–H and O–H groups in total.